The molecule has 0 aliphatic rings. The Morgan fingerprint density at radius 3 is 2.59 bits per heavy atom. The Labute approximate surface area is 100 Å². The van der Waals surface area contributed by atoms with E-state index < -0.39 is 0 Å². The van der Waals surface area contributed by atoms with E-state index in [2.05, 4.69) is 10.4 Å². The molecule has 0 radical (unpaired) electrons. The summed E-state index contributed by atoms with van der Waals surface area (Å²) in [5.74, 6) is -0.0638. The number of hydrogen-bond acceptors (Lipinski definition) is 2. The number of hydrogen-bond donors (Lipinski definition) is 1. The number of para-hydroxylation sites is 1. The molecule has 2 rings (SSSR count). The normalized spacial score (nSPS) is 10.2. The fourth-order valence-corrected chi connectivity index (χ4v) is 1.73. The van der Waals surface area contributed by atoms with Gasteiger partial charge in [-0.2, -0.15) is 5.10 Å². The summed E-state index contributed by atoms with van der Waals surface area (Å²) >= 11 is 0. The van der Waals surface area contributed by atoms with Gasteiger partial charge in [0.05, 0.1) is 0 Å². The summed E-state index contributed by atoms with van der Waals surface area (Å²) in [5.41, 5.74) is 3.03. The number of aryl methyl sites for hydroxylation is 2. The van der Waals surface area contributed by atoms with Gasteiger partial charge in [-0.15, -0.1) is 0 Å². The van der Waals surface area contributed by atoms with Gasteiger partial charge in [-0.05, 0) is 31.0 Å². The van der Waals surface area contributed by atoms with Gasteiger partial charge in [0, 0.05) is 18.1 Å². The first-order valence-corrected chi connectivity index (χ1v) is 5.50. The van der Waals surface area contributed by atoms with Gasteiger partial charge in [-0.1, -0.05) is 18.2 Å². The van der Waals surface area contributed by atoms with Crippen LogP contribution < -0.4 is 5.32 Å². The van der Waals surface area contributed by atoms with Crippen LogP contribution in [0.5, 0.6) is 0 Å². The van der Waals surface area contributed by atoms with Gasteiger partial charge in [0.25, 0.3) is 0 Å². The van der Waals surface area contributed by atoms with Crippen LogP contribution in [0.3, 0.4) is 0 Å². The Hall–Kier alpha value is -2.10. The highest BCUT2D eigenvalue weighted by Gasteiger charge is 2.07. The molecule has 0 aliphatic heterocycles. The van der Waals surface area contributed by atoms with E-state index in [0.717, 1.165) is 16.8 Å². The van der Waals surface area contributed by atoms with E-state index in [9.17, 15) is 4.79 Å². The molecule has 88 valence electrons. The summed E-state index contributed by atoms with van der Waals surface area (Å²) in [7, 11) is 0. The van der Waals surface area contributed by atoms with Gasteiger partial charge < -0.3 is 5.32 Å². The number of aromatic nitrogens is 2. The first-order chi connectivity index (χ1) is 8.16. The molecule has 1 aromatic carbocycles. The number of amides is 1. The highest BCUT2D eigenvalue weighted by molar-refractivity contribution is 5.92. The zero-order valence-electron chi connectivity index (χ0n) is 9.97. The van der Waals surface area contributed by atoms with Crippen LogP contribution in [0.1, 0.15) is 11.1 Å². The van der Waals surface area contributed by atoms with Gasteiger partial charge in [0.1, 0.15) is 6.54 Å². The lowest BCUT2D eigenvalue weighted by molar-refractivity contribution is -0.116. The molecule has 1 amide bonds. The fraction of sp³-hybridized carbons (Fsp3) is 0.231. The highest BCUT2D eigenvalue weighted by atomic mass is 16.2. The molecule has 1 aromatic heterocycles. The van der Waals surface area contributed by atoms with Gasteiger partial charge in [-0.3, -0.25) is 9.48 Å². The largest absolute Gasteiger partial charge is 0.324 e. The van der Waals surface area contributed by atoms with E-state index in [4.69, 9.17) is 0 Å². The maximum absolute atomic E-state index is 11.8. The van der Waals surface area contributed by atoms with E-state index in [1.54, 1.807) is 23.1 Å². The third-order valence-electron chi connectivity index (χ3n) is 2.61. The van der Waals surface area contributed by atoms with Crippen molar-refractivity contribution < 1.29 is 4.79 Å². The summed E-state index contributed by atoms with van der Waals surface area (Å²) in [6, 6.07) is 7.74. The molecule has 0 saturated heterocycles. The number of carbonyl (C=O) groups excluding carboxylic acids is 1. The van der Waals surface area contributed by atoms with Crippen LogP contribution in [0, 0.1) is 13.8 Å². The molecule has 0 bridgehead atoms. The predicted molar refractivity (Wildman–Crippen MR) is 66.8 cm³/mol. The maximum Gasteiger partial charge on any atom is 0.246 e. The lowest BCUT2D eigenvalue weighted by Crippen LogP contribution is -2.20. The van der Waals surface area contributed by atoms with Crippen molar-refractivity contribution in [3.63, 3.8) is 0 Å². The Morgan fingerprint density at radius 2 is 2.00 bits per heavy atom. The molecule has 1 heterocycles. The van der Waals surface area contributed by atoms with Gasteiger partial charge >= 0.3 is 0 Å². The maximum atomic E-state index is 11.8. The van der Waals surface area contributed by atoms with Crippen LogP contribution in [0.15, 0.2) is 36.7 Å². The van der Waals surface area contributed by atoms with Crippen molar-refractivity contribution in [2.45, 2.75) is 20.4 Å². The molecular weight excluding hydrogens is 214 g/mol. The van der Waals surface area contributed by atoms with Gasteiger partial charge in [-0.25, -0.2) is 0 Å². The Kier molecular flexibility index (Phi) is 3.23. The molecule has 0 saturated carbocycles. The van der Waals surface area contributed by atoms with Crippen molar-refractivity contribution in [2.24, 2.45) is 0 Å². The molecule has 1 N–H and O–H groups in total. The standard InChI is InChI=1S/C13H15N3O/c1-10-5-3-6-11(2)13(10)15-12(17)9-16-8-4-7-14-16/h3-8H,9H2,1-2H3,(H,15,17). The highest BCUT2D eigenvalue weighted by Crippen LogP contribution is 2.19. The van der Waals surface area contributed by atoms with Crippen LogP contribution in [-0.4, -0.2) is 15.7 Å². The molecule has 4 nitrogen and oxygen atoms in total. The number of nitrogens with zero attached hydrogens (tertiary/aromatic N) is 2. The summed E-state index contributed by atoms with van der Waals surface area (Å²) in [6.45, 7) is 4.20. The minimum atomic E-state index is -0.0638. The van der Waals surface area contributed by atoms with Crippen molar-refractivity contribution in [2.75, 3.05) is 5.32 Å². The second kappa shape index (κ2) is 4.82. The van der Waals surface area contributed by atoms with E-state index in [-0.39, 0.29) is 12.5 Å². The SMILES string of the molecule is Cc1cccc(C)c1NC(=O)Cn1cccn1. The van der Waals surface area contributed by atoms with Crippen LogP contribution in [-0.2, 0) is 11.3 Å². The summed E-state index contributed by atoms with van der Waals surface area (Å²) in [6.07, 6.45) is 3.43. The van der Waals surface area contributed by atoms with Crippen LogP contribution in [0.4, 0.5) is 5.69 Å². The molecule has 4 heteroatoms. The third-order valence-corrected chi connectivity index (χ3v) is 2.61. The van der Waals surface area contributed by atoms with Crippen molar-refractivity contribution in [3.05, 3.63) is 47.8 Å². The van der Waals surface area contributed by atoms with E-state index in [1.165, 1.54) is 0 Å². The number of carbonyl (C=O) groups is 1. The van der Waals surface area contributed by atoms with Crippen LogP contribution >= 0.6 is 0 Å². The second-order valence-corrected chi connectivity index (χ2v) is 4.02. The quantitative estimate of drug-likeness (QED) is 0.876. The monoisotopic (exact) mass is 229 g/mol. The Bertz CT molecular complexity index is 497. The first-order valence-electron chi connectivity index (χ1n) is 5.50. The minimum Gasteiger partial charge on any atom is -0.324 e. The zero-order chi connectivity index (χ0) is 12.3. The van der Waals surface area contributed by atoms with Gasteiger partial charge in [0.2, 0.25) is 5.91 Å². The lowest BCUT2D eigenvalue weighted by atomic mass is 10.1. The molecule has 0 spiro atoms. The molecule has 0 unspecified atom stereocenters. The average Bonchev–Trinajstić information content (AvgIpc) is 2.76. The number of rotatable bonds is 3. The molecular formula is C13H15N3O. The van der Waals surface area contributed by atoms with Crippen LogP contribution in [0.25, 0.3) is 0 Å². The molecule has 2 aromatic rings. The topological polar surface area (TPSA) is 46.9 Å². The summed E-state index contributed by atoms with van der Waals surface area (Å²) in [5, 5.41) is 6.92. The molecule has 0 atom stereocenters. The van der Waals surface area contributed by atoms with E-state index in [1.807, 2.05) is 32.0 Å². The summed E-state index contributed by atoms with van der Waals surface area (Å²) in [4.78, 5) is 11.8. The lowest BCUT2D eigenvalue weighted by Gasteiger charge is -2.11. The van der Waals surface area contributed by atoms with Crippen molar-refractivity contribution in [1.82, 2.24) is 9.78 Å². The molecule has 0 aliphatic carbocycles. The Balaban J connectivity index is 2.08. The fourth-order valence-electron chi connectivity index (χ4n) is 1.73. The zero-order valence-corrected chi connectivity index (χ0v) is 9.97. The molecule has 17 heavy (non-hydrogen) atoms. The van der Waals surface area contributed by atoms with E-state index in [0.29, 0.717) is 0 Å². The third kappa shape index (κ3) is 2.72. The first kappa shape index (κ1) is 11.4. The average molecular weight is 229 g/mol. The van der Waals surface area contributed by atoms with Crippen molar-refractivity contribution >= 4 is 11.6 Å². The number of benzene rings is 1. The summed E-state index contributed by atoms with van der Waals surface area (Å²) < 4.78 is 1.60. The smallest absolute Gasteiger partial charge is 0.246 e. The molecule has 0 fully saturated rings. The van der Waals surface area contributed by atoms with E-state index >= 15 is 0 Å². The second-order valence-electron chi connectivity index (χ2n) is 4.02. The van der Waals surface area contributed by atoms with Gasteiger partial charge in [0.15, 0.2) is 0 Å². The predicted octanol–water partition coefficient (Wildman–Crippen LogP) is 2.14. The van der Waals surface area contributed by atoms with Crippen molar-refractivity contribution in [3.8, 4) is 0 Å². The Morgan fingerprint density at radius 1 is 1.29 bits per heavy atom. The number of nitrogens with one attached hydrogen (secondary N) is 1. The van der Waals surface area contributed by atoms with Crippen LogP contribution in [0.2, 0.25) is 0 Å². The minimum absolute atomic E-state index is 0.0638. The number of anilines is 1. The van der Waals surface area contributed by atoms with Crippen molar-refractivity contribution in [1.29, 1.82) is 0 Å².